The van der Waals surface area contributed by atoms with E-state index in [1.807, 2.05) is 0 Å². The third-order valence-corrected chi connectivity index (χ3v) is 18.4. The van der Waals surface area contributed by atoms with E-state index in [0.29, 0.717) is 56.5 Å². The molecular weight excluding hydrogens is 1410 g/mol. The number of nitrogens with zero attached hydrogens (tertiary/aromatic N) is 10. The standard InChI is InChI=1S/C53H48N16O22S6/c1-2-41(70)54-19-9-3-4-10-20-55-48-60-49(62-51(61-48)58-35-25-31(92(74,75)76)21-27-23-39(96(86,87)88)44(46(71)42(27)35)68-66-33-11-5-7-13-37(33)94(80,81)82)56-29-15-17-30(18-16-29)57-50-63-52(65-53(73)64-50)59-36-26-32(93(77,78)79)22-28-24-40(97(89,90)91)45(47(72)43(28)36)69-67-34-12-6-8-14-38(34)95(83,84)85/h2,5-8,11-18,21-26,71-72H,1,3-4,9-10,19-20H2,(H,54,70)(H,74,75,76)(H,77,78,79)(H,80,81,82)(H,83,84,85)(H,86,87,88)(H,89,90,91)(H3,55,56,58,60,61,62)(H3,57,59,63,64,65,73). The Morgan fingerprint density at radius 2 is 0.794 bits per heavy atom. The van der Waals surface area contributed by atoms with Crippen LogP contribution in [0.25, 0.3) is 21.5 Å². The predicted molar refractivity (Wildman–Crippen MR) is 342 cm³/mol. The molecule has 7 aromatic carbocycles. The molecule has 0 saturated carbocycles. The highest BCUT2D eigenvalue weighted by Crippen LogP contribution is 2.48. The number of aromatic hydroxyl groups is 3. The summed E-state index contributed by atoms with van der Waals surface area (Å²) in [6.07, 6.45) is 3.62. The maximum atomic E-state index is 12.8. The van der Waals surface area contributed by atoms with Crippen LogP contribution in [0.3, 0.4) is 0 Å². The number of anilines is 9. The van der Waals surface area contributed by atoms with Crippen LogP contribution >= 0.6 is 0 Å². The van der Waals surface area contributed by atoms with Crippen molar-refractivity contribution >= 4 is 163 Å². The van der Waals surface area contributed by atoms with Gasteiger partial charge in [0.05, 0.1) is 21.2 Å². The lowest BCUT2D eigenvalue weighted by Gasteiger charge is -2.16. The van der Waals surface area contributed by atoms with Crippen LogP contribution < -0.4 is 31.9 Å². The van der Waals surface area contributed by atoms with Crippen LogP contribution in [0.15, 0.2) is 172 Å². The highest BCUT2D eigenvalue weighted by atomic mass is 32.2. The van der Waals surface area contributed by atoms with E-state index >= 15 is 0 Å². The Kier molecular flexibility index (Phi) is 20.4. The van der Waals surface area contributed by atoms with Gasteiger partial charge in [-0.15, -0.1) is 20.5 Å². The van der Waals surface area contributed by atoms with E-state index in [0.717, 1.165) is 42.5 Å². The number of amides is 1. The van der Waals surface area contributed by atoms with Crippen molar-refractivity contribution in [3.8, 4) is 17.5 Å². The molecule has 97 heavy (non-hydrogen) atoms. The summed E-state index contributed by atoms with van der Waals surface area (Å²) in [6, 6.07) is 17.8. The van der Waals surface area contributed by atoms with Gasteiger partial charge in [0.15, 0.2) is 11.5 Å². The lowest BCUT2D eigenvalue weighted by Crippen LogP contribution is -2.21. The van der Waals surface area contributed by atoms with Crippen molar-refractivity contribution < 1.29 is 97.9 Å². The number of nitrogens with one attached hydrogen (secondary N) is 6. The van der Waals surface area contributed by atoms with Crippen LogP contribution in [0.1, 0.15) is 25.7 Å². The SMILES string of the molecule is C=CC(=O)NCCCCCCNc1nc(Nc2ccc(Nc3nc(O)nc(Nc4cc(S(=O)(=O)O)cc5cc(S(=O)(=O)O)c(N=Nc6ccccc6S(=O)(=O)O)c(O)c45)n3)cc2)nc(Nc2cc(S(=O)(=O)O)cc3cc(S(=O)(=O)O)c(N=Nc4ccccc4S(=O)(=O)O)c(O)c23)n1. The topological polar surface area (TPSA) is 603 Å². The lowest BCUT2D eigenvalue weighted by atomic mass is 10.1. The Labute approximate surface area is 548 Å². The van der Waals surface area contributed by atoms with Crippen LogP contribution in [0.5, 0.6) is 17.5 Å². The molecule has 508 valence electrons. The monoisotopic (exact) mass is 1450 g/mol. The molecule has 44 heteroatoms. The van der Waals surface area contributed by atoms with Crippen molar-refractivity contribution in [1.82, 2.24) is 35.2 Å². The summed E-state index contributed by atoms with van der Waals surface area (Å²) >= 11 is 0. The summed E-state index contributed by atoms with van der Waals surface area (Å²) in [6.45, 7) is 4.02. The van der Waals surface area contributed by atoms with Crippen LogP contribution in [-0.4, -0.2) is 142 Å². The minimum Gasteiger partial charge on any atom is -0.505 e. The molecule has 2 aromatic heterocycles. The Balaban J connectivity index is 1.04. The maximum absolute atomic E-state index is 12.8. The van der Waals surface area contributed by atoms with Gasteiger partial charge in [-0.2, -0.15) is 80.4 Å². The van der Waals surface area contributed by atoms with E-state index in [2.05, 4.69) is 88.8 Å². The number of azo groups is 2. The third-order valence-electron chi connectivity index (χ3n) is 13.2. The van der Waals surface area contributed by atoms with Gasteiger partial charge < -0.3 is 47.2 Å². The first-order valence-electron chi connectivity index (χ1n) is 27.0. The molecule has 0 radical (unpaired) electrons. The van der Waals surface area contributed by atoms with Crippen LogP contribution in [0, 0.1) is 0 Å². The van der Waals surface area contributed by atoms with Gasteiger partial charge in [0.25, 0.3) is 60.7 Å². The number of carbonyl (C=O) groups is 1. The minimum absolute atomic E-state index is 0.141. The second-order valence-corrected chi connectivity index (χ2v) is 28.4. The van der Waals surface area contributed by atoms with Gasteiger partial charge in [-0.3, -0.25) is 32.1 Å². The average molecular weight is 1450 g/mol. The summed E-state index contributed by atoms with van der Waals surface area (Å²) in [4.78, 5) is 30.7. The molecule has 15 N–H and O–H groups in total. The van der Waals surface area contributed by atoms with Gasteiger partial charge in [0.1, 0.15) is 42.3 Å². The molecule has 0 atom stereocenters. The van der Waals surface area contributed by atoms with Crippen molar-refractivity contribution in [3.05, 3.63) is 122 Å². The third kappa shape index (κ3) is 17.4. The molecule has 0 bridgehead atoms. The first-order valence-corrected chi connectivity index (χ1v) is 35.7. The molecule has 0 saturated heterocycles. The summed E-state index contributed by atoms with van der Waals surface area (Å²) in [5, 5.41) is 63.6. The second-order valence-electron chi connectivity index (χ2n) is 20.0. The molecule has 38 nitrogen and oxygen atoms in total. The number of phenols is 2. The molecular formula is C53H48N16O22S6. The van der Waals surface area contributed by atoms with Crippen molar-refractivity contribution in [2.24, 2.45) is 20.5 Å². The van der Waals surface area contributed by atoms with E-state index in [9.17, 15) is 97.9 Å². The molecule has 2 heterocycles. The first kappa shape index (κ1) is 70.7. The van der Waals surface area contributed by atoms with E-state index in [1.54, 1.807) is 0 Å². The normalized spacial score (nSPS) is 12.5. The van der Waals surface area contributed by atoms with Crippen molar-refractivity contribution in [1.29, 1.82) is 0 Å². The van der Waals surface area contributed by atoms with Gasteiger partial charge in [-0.1, -0.05) is 43.7 Å². The smallest absolute Gasteiger partial charge is 0.320 e. The van der Waals surface area contributed by atoms with E-state index < -0.39 is 181 Å². The number of unbranched alkanes of at least 4 members (excludes halogenated alkanes) is 3. The lowest BCUT2D eigenvalue weighted by molar-refractivity contribution is -0.116. The number of aromatic nitrogens is 6. The molecule has 1 amide bonds. The highest BCUT2D eigenvalue weighted by molar-refractivity contribution is 7.87. The number of benzene rings is 7. The van der Waals surface area contributed by atoms with Gasteiger partial charge in [0.2, 0.25) is 35.6 Å². The number of rotatable bonds is 27. The number of hydrogen-bond donors (Lipinski definition) is 15. The fourth-order valence-corrected chi connectivity index (χ4v) is 12.6. The molecule has 0 unspecified atom stereocenters. The zero-order valence-electron chi connectivity index (χ0n) is 48.7. The average Bonchev–Trinajstić information content (AvgIpc) is 0.753. The summed E-state index contributed by atoms with van der Waals surface area (Å²) in [5.41, 5.74) is -3.84. The van der Waals surface area contributed by atoms with Crippen LogP contribution in [-0.2, 0) is 65.5 Å². The molecule has 9 rings (SSSR count). The fraction of sp³-hybridized carbons (Fsp3) is 0.113. The summed E-state index contributed by atoms with van der Waals surface area (Å²) in [5.74, 6) is -4.51. The first-order chi connectivity index (χ1) is 45.4. The number of phenolic OH excluding ortho intramolecular Hbond substituents is 2. The molecule has 9 aromatic rings. The molecule has 0 spiro atoms. The van der Waals surface area contributed by atoms with Crippen LogP contribution in [0.4, 0.5) is 75.2 Å². The zero-order chi connectivity index (χ0) is 70.6. The molecule has 0 aliphatic heterocycles. The fourth-order valence-electron chi connectivity index (χ4n) is 8.99. The predicted octanol–water partition coefficient (Wildman–Crippen LogP) is 8.04. The number of carbonyl (C=O) groups excluding carboxylic acids is 1. The highest BCUT2D eigenvalue weighted by Gasteiger charge is 2.29. The minimum atomic E-state index is -5.41. The Morgan fingerprint density at radius 1 is 0.423 bits per heavy atom. The Bertz CT molecular complexity index is 5470. The summed E-state index contributed by atoms with van der Waals surface area (Å²) in [7, 11) is -31.1. The van der Waals surface area contributed by atoms with Gasteiger partial charge in [0, 0.05) is 35.2 Å². The second kappa shape index (κ2) is 28.0. The number of hydrogen-bond acceptors (Lipinski definition) is 31. The van der Waals surface area contributed by atoms with Crippen molar-refractivity contribution in [3.63, 3.8) is 0 Å². The quantitative estimate of drug-likeness (QED) is 0.0100. The zero-order valence-corrected chi connectivity index (χ0v) is 53.6. The van der Waals surface area contributed by atoms with Gasteiger partial charge in [-0.25, -0.2) is 0 Å². The molecule has 0 aliphatic carbocycles. The van der Waals surface area contributed by atoms with Crippen molar-refractivity contribution in [2.45, 2.75) is 55.1 Å². The van der Waals surface area contributed by atoms with Crippen molar-refractivity contribution in [2.75, 3.05) is 39.7 Å². The molecule has 0 fully saturated rings. The maximum Gasteiger partial charge on any atom is 0.320 e. The summed E-state index contributed by atoms with van der Waals surface area (Å²) < 4.78 is 210. The number of fused-ring (bicyclic) bond motifs is 2. The Morgan fingerprint density at radius 3 is 1.20 bits per heavy atom. The van der Waals surface area contributed by atoms with E-state index in [4.69, 9.17) is 0 Å². The van der Waals surface area contributed by atoms with Gasteiger partial charge >= 0.3 is 6.01 Å². The largest absolute Gasteiger partial charge is 0.505 e. The van der Waals surface area contributed by atoms with Crippen LogP contribution in [0.2, 0.25) is 0 Å². The molecule has 0 aliphatic rings. The van der Waals surface area contributed by atoms with Gasteiger partial charge in [-0.05, 0) is 115 Å². The van der Waals surface area contributed by atoms with E-state index in [1.165, 1.54) is 48.5 Å². The van der Waals surface area contributed by atoms with E-state index in [-0.39, 0.29) is 35.7 Å². The Hall–Kier alpha value is -10.7.